The summed E-state index contributed by atoms with van der Waals surface area (Å²) in [5, 5.41) is 4.58. The molecule has 0 radical (unpaired) electrons. The van der Waals surface area contributed by atoms with Crippen LogP contribution >= 0.6 is 0 Å². The number of amides is 2. The molecule has 0 rings (SSSR count). The van der Waals surface area contributed by atoms with Gasteiger partial charge in [-0.05, 0) is 13.8 Å². The molecule has 0 saturated heterocycles. The molecule has 5 heteroatoms. The molecule has 0 bridgehead atoms. The Labute approximate surface area is 69.8 Å². The third-order valence-electron chi connectivity index (χ3n) is 0.898. The van der Waals surface area contributed by atoms with Crippen LogP contribution in [0.4, 0.5) is 0 Å². The van der Waals surface area contributed by atoms with Crippen LogP contribution in [0.3, 0.4) is 0 Å². The first-order valence-corrected chi connectivity index (χ1v) is 3.42. The van der Waals surface area contributed by atoms with Crippen molar-refractivity contribution >= 4 is 11.8 Å². The molecule has 0 aliphatic rings. The molecule has 66 valence electrons. The molecular weight excluding hydrogens is 160 g/mol. The van der Waals surface area contributed by atoms with Gasteiger partial charge in [-0.2, -0.15) is 0 Å². The smallest absolute Gasteiger partial charge is 0.309 e. The molecule has 1 N–H and O–H groups in total. The molecule has 0 fully saturated rings. The molecule has 0 aromatic heterocycles. The lowest BCUT2D eigenvalue weighted by Crippen LogP contribution is -2.28. The summed E-state index contributed by atoms with van der Waals surface area (Å²) in [6, 6.07) is 0.00134. The minimum atomic E-state index is -0.964. The van der Waals surface area contributed by atoms with E-state index in [9.17, 15) is 14.5 Å². The molecule has 12 heavy (non-hydrogen) atoms. The fourth-order valence-electron chi connectivity index (χ4n) is 0.510. The van der Waals surface area contributed by atoms with Crippen LogP contribution in [-0.2, 0) is 9.59 Å². The van der Waals surface area contributed by atoms with Crippen molar-refractivity contribution in [3.05, 3.63) is 17.1 Å². The van der Waals surface area contributed by atoms with Crippen LogP contribution in [0.2, 0.25) is 0 Å². The topological polar surface area (TPSA) is 75.6 Å². The Kier molecular flexibility index (Phi) is 4.52. The van der Waals surface area contributed by atoms with Gasteiger partial charge in [-0.15, -0.1) is 4.91 Å². The molecule has 0 aliphatic heterocycles. The molecule has 0 saturated carbocycles. The van der Waals surface area contributed by atoms with Crippen molar-refractivity contribution in [1.29, 1.82) is 0 Å². The third-order valence-corrected chi connectivity index (χ3v) is 0.898. The van der Waals surface area contributed by atoms with Gasteiger partial charge in [-0.25, -0.2) is 0 Å². The Bertz CT molecular complexity index is 221. The second-order valence-corrected chi connectivity index (χ2v) is 2.43. The van der Waals surface area contributed by atoms with Crippen molar-refractivity contribution in [2.45, 2.75) is 19.9 Å². The van der Waals surface area contributed by atoms with Crippen molar-refractivity contribution in [1.82, 2.24) is 5.32 Å². The van der Waals surface area contributed by atoms with Gasteiger partial charge >= 0.3 is 5.91 Å². The van der Waals surface area contributed by atoms with E-state index in [1.54, 1.807) is 13.8 Å². The van der Waals surface area contributed by atoms with Crippen LogP contribution in [0.1, 0.15) is 13.8 Å². The average Bonchev–Trinajstić information content (AvgIpc) is 1.99. The second kappa shape index (κ2) is 5.17. The summed E-state index contributed by atoms with van der Waals surface area (Å²) < 4.78 is 0. The van der Waals surface area contributed by atoms with Crippen LogP contribution in [-0.4, -0.2) is 17.9 Å². The first-order chi connectivity index (χ1) is 5.56. The zero-order chi connectivity index (χ0) is 9.56. The maximum Gasteiger partial charge on any atom is 0.309 e. The quantitative estimate of drug-likeness (QED) is 0.490. The highest BCUT2D eigenvalue weighted by Gasteiger charge is 1.99. The van der Waals surface area contributed by atoms with E-state index in [1.807, 2.05) is 0 Å². The Morgan fingerprint density at radius 2 is 1.92 bits per heavy atom. The highest BCUT2D eigenvalue weighted by Crippen LogP contribution is 1.81. The minimum absolute atomic E-state index is 0.00134. The minimum Gasteiger partial charge on any atom is -0.350 e. The van der Waals surface area contributed by atoms with Gasteiger partial charge in [-0.3, -0.25) is 9.59 Å². The summed E-state index contributed by atoms with van der Waals surface area (Å²) in [6.45, 7) is 3.57. The number of carbonyl (C=O) groups is 2. The standard InChI is InChI=1S/C7H10N2O3/c1-5(2)8-6(10)3-4-7(11)9-12/h3-5H,1-2H3,(H,8,10)/b4-3+. The molecule has 0 aliphatic carbocycles. The van der Waals surface area contributed by atoms with E-state index in [0.29, 0.717) is 0 Å². The predicted molar refractivity (Wildman–Crippen MR) is 43.2 cm³/mol. The van der Waals surface area contributed by atoms with Gasteiger partial charge in [0, 0.05) is 23.4 Å². The number of nitroso groups, excluding NO2 is 1. The molecule has 2 amide bonds. The van der Waals surface area contributed by atoms with E-state index in [0.717, 1.165) is 12.2 Å². The fourth-order valence-corrected chi connectivity index (χ4v) is 0.510. The van der Waals surface area contributed by atoms with Crippen LogP contribution in [0.5, 0.6) is 0 Å². The Balaban J connectivity index is 3.91. The van der Waals surface area contributed by atoms with E-state index < -0.39 is 11.8 Å². The van der Waals surface area contributed by atoms with Crippen molar-refractivity contribution < 1.29 is 9.59 Å². The maximum absolute atomic E-state index is 10.8. The van der Waals surface area contributed by atoms with Gasteiger partial charge in [-0.1, -0.05) is 0 Å². The SMILES string of the molecule is CC(C)NC(=O)/C=C/C(=O)N=O. The van der Waals surface area contributed by atoms with Crippen LogP contribution in [0, 0.1) is 4.91 Å². The predicted octanol–water partition coefficient (Wildman–Crippen LogP) is 0.360. The lowest BCUT2D eigenvalue weighted by Gasteiger charge is -2.03. The number of rotatable bonds is 3. The highest BCUT2D eigenvalue weighted by molar-refractivity contribution is 5.97. The summed E-state index contributed by atoms with van der Waals surface area (Å²) in [4.78, 5) is 30.6. The Morgan fingerprint density at radius 1 is 1.33 bits per heavy atom. The molecule has 0 spiro atoms. The lowest BCUT2D eigenvalue weighted by molar-refractivity contribution is -0.118. The van der Waals surface area contributed by atoms with Crippen molar-refractivity contribution in [2.24, 2.45) is 5.18 Å². The first-order valence-electron chi connectivity index (χ1n) is 3.42. The molecular formula is C7H10N2O3. The second-order valence-electron chi connectivity index (χ2n) is 2.43. The summed E-state index contributed by atoms with van der Waals surface area (Å²) in [6.07, 6.45) is 1.80. The fraction of sp³-hybridized carbons (Fsp3) is 0.429. The van der Waals surface area contributed by atoms with Crippen LogP contribution < -0.4 is 5.32 Å². The van der Waals surface area contributed by atoms with Gasteiger partial charge in [0.05, 0.1) is 0 Å². The summed E-state index contributed by atoms with van der Waals surface area (Å²) in [7, 11) is 0. The van der Waals surface area contributed by atoms with Gasteiger partial charge in [0.1, 0.15) is 0 Å². The van der Waals surface area contributed by atoms with Crippen molar-refractivity contribution in [3.8, 4) is 0 Å². The largest absolute Gasteiger partial charge is 0.350 e. The van der Waals surface area contributed by atoms with E-state index in [4.69, 9.17) is 0 Å². The number of nitrogens with zero attached hydrogens (tertiary/aromatic N) is 1. The van der Waals surface area contributed by atoms with Gasteiger partial charge in [0.2, 0.25) is 5.91 Å². The molecule has 5 nitrogen and oxygen atoms in total. The maximum atomic E-state index is 10.8. The summed E-state index contributed by atoms with van der Waals surface area (Å²) in [5.41, 5.74) is 0. The number of carbonyl (C=O) groups excluding carboxylic acids is 2. The number of nitrogens with one attached hydrogen (secondary N) is 1. The van der Waals surface area contributed by atoms with Crippen molar-refractivity contribution in [3.63, 3.8) is 0 Å². The van der Waals surface area contributed by atoms with E-state index in [1.165, 1.54) is 0 Å². The molecule has 0 heterocycles. The molecule has 0 unspecified atom stereocenters. The summed E-state index contributed by atoms with van der Waals surface area (Å²) >= 11 is 0. The molecule has 0 aromatic carbocycles. The summed E-state index contributed by atoms with van der Waals surface area (Å²) in [5.74, 6) is -1.38. The van der Waals surface area contributed by atoms with E-state index in [2.05, 4.69) is 10.5 Å². The van der Waals surface area contributed by atoms with E-state index in [-0.39, 0.29) is 6.04 Å². The third kappa shape index (κ3) is 5.28. The normalized spacial score (nSPS) is 10.2. The van der Waals surface area contributed by atoms with Gasteiger partial charge in [0.15, 0.2) is 0 Å². The van der Waals surface area contributed by atoms with Crippen LogP contribution in [0.25, 0.3) is 0 Å². The monoisotopic (exact) mass is 170 g/mol. The number of hydrogen-bond donors (Lipinski definition) is 1. The first kappa shape index (κ1) is 10.5. The average molecular weight is 170 g/mol. The zero-order valence-corrected chi connectivity index (χ0v) is 6.90. The zero-order valence-electron chi connectivity index (χ0n) is 6.90. The lowest BCUT2D eigenvalue weighted by atomic mass is 10.3. The Hall–Kier alpha value is -1.52. The van der Waals surface area contributed by atoms with Gasteiger partial charge in [0.25, 0.3) is 0 Å². The molecule has 0 atom stereocenters. The molecule has 0 aromatic rings. The van der Waals surface area contributed by atoms with Crippen LogP contribution in [0.15, 0.2) is 17.3 Å². The highest BCUT2D eigenvalue weighted by atomic mass is 16.3. The number of hydrogen-bond acceptors (Lipinski definition) is 3. The Morgan fingerprint density at radius 3 is 2.33 bits per heavy atom. The van der Waals surface area contributed by atoms with E-state index >= 15 is 0 Å². The van der Waals surface area contributed by atoms with Gasteiger partial charge < -0.3 is 5.32 Å². The van der Waals surface area contributed by atoms with Crippen molar-refractivity contribution in [2.75, 3.05) is 0 Å².